The minimum absolute atomic E-state index is 0.0201. The molecule has 1 aliphatic rings. The van der Waals surface area contributed by atoms with Gasteiger partial charge in [-0.2, -0.15) is 0 Å². The van der Waals surface area contributed by atoms with Gasteiger partial charge in [0.2, 0.25) is 0 Å². The van der Waals surface area contributed by atoms with Crippen LogP contribution in [0, 0.1) is 5.92 Å². The normalized spacial score (nSPS) is 17.8. The molecule has 3 heterocycles. The number of carbonyl (C=O) groups is 1. The number of halogens is 1. The number of H-pyrrole nitrogens is 1. The van der Waals surface area contributed by atoms with E-state index >= 15 is 0 Å². The lowest BCUT2D eigenvalue weighted by Crippen LogP contribution is -2.35. The van der Waals surface area contributed by atoms with Gasteiger partial charge in [0.05, 0.1) is 5.02 Å². The van der Waals surface area contributed by atoms with Crippen LogP contribution in [0.1, 0.15) is 22.7 Å². The summed E-state index contributed by atoms with van der Waals surface area (Å²) in [6.45, 7) is 1.67. The molecule has 1 aliphatic heterocycles. The molecule has 6 heteroatoms. The van der Waals surface area contributed by atoms with Crippen LogP contribution in [-0.4, -0.2) is 38.9 Å². The third kappa shape index (κ3) is 2.58. The largest absolute Gasteiger partial charge is 0.356 e. The molecule has 5 nitrogen and oxygen atoms in total. The Morgan fingerprint density at radius 1 is 1.65 bits per heavy atom. The Hall–Kier alpha value is -1.75. The smallest absolute Gasteiger partial charge is 0.270 e. The third-order valence-electron chi connectivity index (χ3n) is 3.79. The van der Waals surface area contributed by atoms with Crippen LogP contribution in [0.5, 0.6) is 0 Å². The quantitative estimate of drug-likeness (QED) is 0.943. The molecule has 0 spiro atoms. The number of carbonyl (C=O) groups excluding carboxylic acids is 1. The summed E-state index contributed by atoms with van der Waals surface area (Å²) in [6.07, 6.45) is 7.52. The number of amides is 1. The van der Waals surface area contributed by atoms with Gasteiger partial charge in [-0.15, -0.1) is 0 Å². The number of hydrogen-bond donors (Lipinski definition) is 1. The van der Waals surface area contributed by atoms with Gasteiger partial charge in [0.1, 0.15) is 11.5 Å². The number of imidazole rings is 1. The fraction of sp³-hybridized carbons (Fsp3) is 0.429. The van der Waals surface area contributed by atoms with Crippen LogP contribution < -0.4 is 0 Å². The van der Waals surface area contributed by atoms with Crippen LogP contribution in [0.4, 0.5) is 0 Å². The second-order valence-corrected chi connectivity index (χ2v) is 5.75. The Kier molecular flexibility index (Phi) is 3.53. The van der Waals surface area contributed by atoms with Crippen LogP contribution in [0.2, 0.25) is 5.02 Å². The van der Waals surface area contributed by atoms with E-state index in [4.69, 9.17) is 11.6 Å². The van der Waals surface area contributed by atoms with Gasteiger partial charge < -0.3 is 14.5 Å². The molecule has 1 N–H and O–H groups in total. The molecule has 0 unspecified atom stereocenters. The molecule has 106 valence electrons. The Bertz CT molecular complexity index is 618. The van der Waals surface area contributed by atoms with E-state index in [1.165, 1.54) is 0 Å². The first-order chi connectivity index (χ1) is 9.63. The van der Waals surface area contributed by atoms with Gasteiger partial charge in [-0.1, -0.05) is 11.6 Å². The standard InChI is InChI=1S/C14H17ClN4O/c1-18(14(20)12-6-11(15)7-17-12)8-10-2-3-13-16-4-5-19(13)9-10/h4-7,10,17H,2-3,8-9H2,1H3/t10-/m0/s1. The van der Waals surface area contributed by atoms with Crippen LogP contribution in [0.15, 0.2) is 24.7 Å². The number of nitrogens with zero attached hydrogens (tertiary/aromatic N) is 3. The number of nitrogens with one attached hydrogen (secondary N) is 1. The molecule has 0 saturated carbocycles. The Labute approximate surface area is 122 Å². The first-order valence-corrected chi connectivity index (χ1v) is 7.10. The number of aryl methyl sites for hydroxylation is 1. The van der Waals surface area contributed by atoms with Gasteiger partial charge in [0.25, 0.3) is 5.91 Å². The van der Waals surface area contributed by atoms with Gasteiger partial charge in [-0.3, -0.25) is 4.79 Å². The van der Waals surface area contributed by atoms with E-state index in [0.29, 0.717) is 16.6 Å². The van der Waals surface area contributed by atoms with Crippen molar-refractivity contribution in [3.63, 3.8) is 0 Å². The van der Waals surface area contributed by atoms with Crippen molar-refractivity contribution in [1.29, 1.82) is 0 Å². The maximum Gasteiger partial charge on any atom is 0.270 e. The minimum Gasteiger partial charge on any atom is -0.356 e. The second kappa shape index (κ2) is 5.32. The third-order valence-corrected chi connectivity index (χ3v) is 4.01. The highest BCUT2D eigenvalue weighted by atomic mass is 35.5. The molecule has 1 atom stereocenters. The van der Waals surface area contributed by atoms with Crippen LogP contribution in [-0.2, 0) is 13.0 Å². The SMILES string of the molecule is CN(C[C@@H]1CCc2nccn2C1)C(=O)c1cc(Cl)c[nH]1. The van der Waals surface area contributed by atoms with Crippen molar-refractivity contribution < 1.29 is 4.79 Å². The molecule has 2 aromatic rings. The van der Waals surface area contributed by atoms with Crippen molar-refractivity contribution >= 4 is 17.5 Å². The predicted octanol–water partition coefficient (Wildman–Crippen LogP) is 2.20. The van der Waals surface area contributed by atoms with Crippen molar-refractivity contribution in [3.05, 3.63) is 41.2 Å². The van der Waals surface area contributed by atoms with Crippen LogP contribution in [0.3, 0.4) is 0 Å². The van der Waals surface area contributed by atoms with E-state index in [0.717, 1.165) is 31.8 Å². The van der Waals surface area contributed by atoms with Gasteiger partial charge in [-0.05, 0) is 18.4 Å². The molecule has 0 saturated heterocycles. The lowest BCUT2D eigenvalue weighted by molar-refractivity contribution is 0.0755. The Balaban J connectivity index is 1.62. The summed E-state index contributed by atoms with van der Waals surface area (Å²) in [5.74, 6) is 1.59. The van der Waals surface area contributed by atoms with Crippen molar-refractivity contribution in [2.24, 2.45) is 5.92 Å². The van der Waals surface area contributed by atoms with Crippen LogP contribution >= 0.6 is 11.6 Å². The van der Waals surface area contributed by atoms with Gasteiger partial charge in [-0.25, -0.2) is 4.98 Å². The Morgan fingerprint density at radius 3 is 3.25 bits per heavy atom. The van der Waals surface area contributed by atoms with E-state index in [-0.39, 0.29) is 5.91 Å². The monoisotopic (exact) mass is 292 g/mol. The molecule has 0 aliphatic carbocycles. The van der Waals surface area contributed by atoms with E-state index in [1.807, 2.05) is 19.4 Å². The molecule has 3 rings (SSSR count). The number of rotatable bonds is 3. The van der Waals surface area contributed by atoms with E-state index in [2.05, 4.69) is 14.5 Å². The summed E-state index contributed by atoms with van der Waals surface area (Å²) in [5, 5.41) is 0.558. The average Bonchev–Trinajstić information content (AvgIpc) is 3.05. The average molecular weight is 293 g/mol. The van der Waals surface area contributed by atoms with Gasteiger partial charge in [0.15, 0.2) is 0 Å². The first-order valence-electron chi connectivity index (χ1n) is 6.73. The molecule has 0 radical (unpaired) electrons. The fourth-order valence-corrected chi connectivity index (χ4v) is 2.92. The molecule has 0 fully saturated rings. The van der Waals surface area contributed by atoms with Crippen molar-refractivity contribution in [1.82, 2.24) is 19.4 Å². The molecular formula is C14H17ClN4O. The van der Waals surface area contributed by atoms with Gasteiger partial charge in [0, 0.05) is 45.1 Å². The maximum atomic E-state index is 12.2. The molecule has 20 heavy (non-hydrogen) atoms. The molecule has 1 amide bonds. The maximum absolute atomic E-state index is 12.2. The summed E-state index contributed by atoms with van der Waals surface area (Å²) in [6, 6.07) is 1.66. The first kappa shape index (κ1) is 13.2. The lowest BCUT2D eigenvalue weighted by Gasteiger charge is -2.28. The molecular weight excluding hydrogens is 276 g/mol. The van der Waals surface area contributed by atoms with Gasteiger partial charge >= 0.3 is 0 Å². The summed E-state index contributed by atoms with van der Waals surface area (Å²) in [7, 11) is 1.83. The number of hydrogen-bond acceptors (Lipinski definition) is 2. The zero-order chi connectivity index (χ0) is 14.1. The summed E-state index contributed by atoms with van der Waals surface area (Å²) >= 11 is 5.83. The van der Waals surface area contributed by atoms with E-state index in [9.17, 15) is 4.79 Å². The van der Waals surface area contributed by atoms with E-state index in [1.54, 1.807) is 17.2 Å². The van der Waals surface area contributed by atoms with Crippen molar-refractivity contribution in [2.45, 2.75) is 19.4 Å². The number of aromatic amines is 1. The molecule has 0 bridgehead atoms. The highest BCUT2D eigenvalue weighted by Crippen LogP contribution is 2.20. The Morgan fingerprint density at radius 2 is 2.50 bits per heavy atom. The highest BCUT2D eigenvalue weighted by Gasteiger charge is 2.22. The number of aromatic nitrogens is 3. The van der Waals surface area contributed by atoms with Crippen LogP contribution in [0.25, 0.3) is 0 Å². The lowest BCUT2D eigenvalue weighted by atomic mass is 9.99. The topological polar surface area (TPSA) is 53.9 Å². The molecule has 0 aromatic carbocycles. The zero-order valence-corrected chi connectivity index (χ0v) is 12.1. The summed E-state index contributed by atoms with van der Waals surface area (Å²) in [4.78, 5) is 21.2. The fourth-order valence-electron chi connectivity index (χ4n) is 2.75. The highest BCUT2D eigenvalue weighted by molar-refractivity contribution is 6.30. The second-order valence-electron chi connectivity index (χ2n) is 5.32. The van der Waals surface area contributed by atoms with E-state index < -0.39 is 0 Å². The minimum atomic E-state index is -0.0201. The zero-order valence-electron chi connectivity index (χ0n) is 11.3. The number of fused-ring (bicyclic) bond motifs is 1. The molecule has 2 aromatic heterocycles. The summed E-state index contributed by atoms with van der Waals surface area (Å²) < 4.78 is 2.18. The summed E-state index contributed by atoms with van der Waals surface area (Å²) in [5.41, 5.74) is 0.539. The predicted molar refractivity (Wildman–Crippen MR) is 76.8 cm³/mol. The van der Waals surface area contributed by atoms with Crippen molar-refractivity contribution in [3.8, 4) is 0 Å². The van der Waals surface area contributed by atoms with Crippen molar-refractivity contribution in [2.75, 3.05) is 13.6 Å².